The fourth-order valence-electron chi connectivity index (χ4n) is 4.95. The molecule has 0 N–H and O–H groups in total. The third-order valence-corrected chi connectivity index (χ3v) is 6.70. The van der Waals surface area contributed by atoms with Gasteiger partial charge in [0.25, 0.3) is 0 Å². The lowest BCUT2D eigenvalue weighted by atomic mass is 9.72. The van der Waals surface area contributed by atoms with Crippen LogP contribution in [-0.2, 0) is 0 Å². The molecule has 0 aromatic heterocycles. The molecule has 0 amide bonds. The first kappa shape index (κ1) is 19.5. The van der Waals surface area contributed by atoms with E-state index < -0.39 is 0 Å². The molecule has 142 valence electrons. The summed E-state index contributed by atoms with van der Waals surface area (Å²) in [5.41, 5.74) is 2.78. The van der Waals surface area contributed by atoms with Crippen LogP contribution in [0.3, 0.4) is 0 Å². The Morgan fingerprint density at radius 2 is 1.58 bits per heavy atom. The molecule has 0 spiro atoms. The number of rotatable bonds is 9. The smallest absolute Gasteiger partial charge is 0.0167 e. The Morgan fingerprint density at radius 1 is 0.846 bits per heavy atom. The second-order valence-electron chi connectivity index (χ2n) is 8.62. The number of hydrogen-bond acceptors (Lipinski definition) is 0. The van der Waals surface area contributed by atoms with E-state index in [0.29, 0.717) is 0 Å². The molecule has 0 aliphatic heterocycles. The first-order valence-corrected chi connectivity index (χ1v) is 11.3. The highest BCUT2D eigenvalue weighted by atomic mass is 14.3. The van der Waals surface area contributed by atoms with Gasteiger partial charge in [0.2, 0.25) is 0 Å². The summed E-state index contributed by atoms with van der Waals surface area (Å²) in [6, 6.07) is 10.8. The first-order chi connectivity index (χ1) is 12.9. The topological polar surface area (TPSA) is 0 Å². The average molecular weight is 351 g/mol. The standard InChI is InChI=1S/C26H38/c1-2-3-4-5-6-8-11-22-14-16-24(17-15-22)26-20-18-25(19-21-26)23-12-9-7-10-13-23/h7,9-10,12-13,18-20,22,24,26H,2-6,8,11,14-17,21H2,1H3/t22-,24-,26?. The number of hydrogen-bond donors (Lipinski definition) is 0. The van der Waals surface area contributed by atoms with E-state index in [4.69, 9.17) is 0 Å². The average Bonchev–Trinajstić information content (AvgIpc) is 2.72. The third-order valence-electron chi connectivity index (χ3n) is 6.70. The summed E-state index contributed by atoms with van der Waals surface area (Å²) in [6.45, 7) is 2.30. The Kier molecular flexibility index (Phi) is 8.05. The lowest BCUT2D eigenvalue weighted by Gasteiger charge is -2.33. The molecule has 1 aromatic rings. The maximum atomic E-state index is 2.51. The Labute approximate surface area is 161 Å². The van der Waals surface area contributed by atoms with Crippen LogP contribution in [0, 0.1) is 17.8 Å². The van der Waals surface area contributed by atoms with Crippen molar-refractivity contribution >= 4 is 5.57 Å². The van der Waals surface area contributed by atoms with Crippen LogP contribution in [-0.4, -0.2) is 0 Å². The number of allylic oxidation sites excluding steroid dienone is 4. The molecule has 0 nitrogen and oxygen atoms in total. The predicted molar refractivity (Wildman–Crippen MR) is 115 cm³/mol. The van der Waals surface area contributed by atoms with Crippen LogP contribution in [0.5, 0.6) is 0 Å². The van der Waals surface area contributed by atoms with Gasteiger partial charge in [0, 0.05) is 0 Å². The molecule has 0 saturated heterocycles. The van der Waals surface area contributed by atoms with Gasteiger partial charge in [-0.05, 0) is 48.2 Å². The van der Waals surface area contributed by atoms with E-state index in [1.54, 1.807) is 0 Å². The van der Waals surface area contributed by atoms with Gasteiger partial charge in [0.15, 0.2) is 0 Å². The van der Waals surface area contributed by atoms with Crippen LogP contribution >= 0.6 is 0 Å². The maximum Gasteiger partial charge on any atom is -0.0167 e. The van der Waals surface area contributed by atoms with E-state index in [2.05, 4.69) is 55.5 Å². The summed E-state index contributed by atoms with van der Waals surface area (Å²) in [5, 5.41) is 0. The molecule has 0 heterocycles. The van der Waals surface area contributed by atoms with Crippen LogP contribution in [0.2, 0.25) is 0 Å². The van der Waals surface area contributed by atoms with Crippen LogP contribution in [0.1, 0.15) is 89.5 Å². The molecule has 0 heteroatoms. The van der Waals surface area contributed by atoms with Gasteiger partial charge in [-0.25, -0.2) is 0 Å². The molecular weight excluding hydrogens is 312 g/mol. The van der Waals surface area contributed by atoms with Gasteiger partial charge in [0.1, 0.15) is 0 Å². The van der Waals surface area contributed by atoms with Crippen molar-refractivity contribution in [3.8, 4) is 0 Å². The molecule has 1 unspecified atom stereocenters. The van der Waals surface area contributed by atoms with Crippen molar-refractivity contribution in [2.75, 3.05) is 0 Å². The summed E-state index contributed by atoms with van der Waals surface area (Å²) in [5.74, 6) is 2.75. The SMILES string of the molecule is CCCCCCCC[C@H]1CC[C@H](C2C=CC(c3ccccc3)=CC2)CC1. The van der Waals surface area contributed by atoms with Gasteiger partial charge >= 0.3 is 0 Å². The van der Waals surface area contributed by atoms with E-state index in [1.807, 2.05) is 0 Å². The first-order valence-electron chi connectivity index (χ1n) is 11.3. The fourth-order valence-corrected chi connectivity index (χ4v) is 4.95. The quantitative estimate of drug-likeness (QED) is 0.394. The summed E-state index contributed by atoms with van der Waals surface area (Å²) in [7, 11) is 0. The van der Waals surface area contributed by atoms with Crippen LogP contribution in [0.25, 0.3) is 5.57 Å². The number of unbranched alkanes of at least 4 members (excludes halogenated alkanes) is 5. The van der Waals surface area contributed by atoms with Crippen LogP contribution in [0.4, 0.5) is 0 Å². The van der Waals surface area contributed by atoms with Gasteiger partial charge in [0.05, 0.1) is 0 Å². The second kappa shape index (κ2) is 10.8. The highest BCUT2D eigenvalue weighted by molar-refractivity contribution is 5.74. The second-order valence-corrected chi connectivity index (χ2v) is 8.62. The van der Waals surface area contributed by atoms with E-state index in [-0.39, 0.29) is 0 Å². The molecule has 1 aromatic carbocycles. The molecule has 1 fully saturated rings. The minimum Gasteiger partial charge on any atom is -0.0802 e. The molecule has 2 aliphatic carbocycles. The minimum absolute atomic E-state index is 0.789. The molecular formula is C26H38. The fraction of sp³-hybridized carbons (Fsp3) is 0.615. The minimum atomic E-state index is 0.789. The summed E-state index contributed by atoms with van der Waals surface area (Å²) in [4.78, 5) is 0. The predicted octanol–water partition coefficient (Wildman–Crippen LogP) is 8.20. The Morgan fingerprint density at radius 3 is 2.27 bits per heavy atom. The molecule has 0 bridgehead atoms. The molecule has 1 saturated carbocycles. The van der Waals surface area contributed by atoms with E-state index in [9.17, 15) is 0 Å². The third kappa shape index (κ3) is 5.86. The molecule has 1 atom stereocenters. The van der Waals surface area contributed by atoms with Crippen LogP contribution in [0.15, 0.2) is 48.6 Å². The summed E-state index contributed by atoms with van der Waals surface area (Å²) < 4.78 is 0. The maximum absolute atomic E-state index is 2.51. The largest absolute Gasteiger partial charge is 0.0802 e. The molecule has 3 rings (SSSR count). The monoisotopic (exact) mass is 350 g/mol. The zero-order valence-electron chi connectivity index (χ0n) is 16.8. The summed E-state index contributed by atoms with van der Waals surface area (Å²) in [6.07, 6.45) is 24.7. The van der Waals surface area contributed by atoms with Gasteiger partial charge in [-0.3, -0.25) is 0 Å². The van der Waals surface area contributed by atoms with Crippen LogP contribution < -0.4 is 0 Å². The normalized spacial score (nSPS) is 25.9. The highest BCUT2D eigenvalue weighted by Crippen LogP contribution is 2.39. The van der Waals surface area contributed by atoms with Gasteiger partial charge in [-0.2, -0.15) is 0 Å². The lowest BCUT2D eigenvalue weighted by Crippen LogP contribution is -2.21. The van der Waals surface area contributed by atoms with Crippen molar-refractivity contribution < 1.29 is 0 Å². The highest BCUT2D eigenvalue weighted by Gasteiger charge is 2.26. The van der Waals surface area contributed by atoms with Crippen molar-refractivity contribution in [2.45, 2.75) is 84.0 Å². The van der Waals surface area contributed by atoms with E-state index >= 15 is 0 Å². The van der Waals surface area contributed by atoms with Crippen molar-refractivity contribution in [2.24, 2.45) is 17.8 Å². The van der Waals surface area contributed by atoms with Crippen molar-refractivity contribution in [3.63, 3.8) is 0 Å². The number of benzene rings is 1. The molecule has 2 aliphatic rings. The zero-order valence-corrected chi connectivity index (χ0v) is 16.8. The van der Waals surface area contributed by atoms with Gasteiger partial charge < -0.3 is 0 Å². The van der Waals surface area contributed by atoms with Crippen molar-refractivity contribution in [1.82, 2.24) is 0 Å². The van der Waals surface area contributed by atoms with E-state index in [0.717, 1.165) is 17.8 Å². The Hall–Kier alpha value is -1.30. The van der Waals surface area contributed by atoms with Crippen molar-refractivity contribution in [3.05, 3.63) is 54.1 Å². The summed E-state index contributed by atoms with van der Waals surface area (Å²) >= 11 is 0. The Balaban J connectivity index is 1.34. The lowest BCUT2D eigenvalue weighted by molar-refractivity contribution is 0.218. The molecule has 26 heavy (non-hydrogen) atoms. The van der Waals surface area contributed by atoms with Crippen molar-refractivity contribution in [1.29, 1.82) is 0 Å². The van der Waals surface area contributed by atoms with Gasteiger partial charge in [-0.1, -0.05) is 113 Å². The van der Waals surface area contributed by atoms with Gasteiger partial charge in [-0.15, -0.1) is 0 Å². The zero-order chi connectivity index (χ0) is 18.0. The molecule has 0 radical (unpaired) electrons. The van der Waals surface area contributed by atoms with E-state index in [1.165, 1.54) is 88.2 Å². The Bertz CT molecular complexity index is 557.